The maximum absolute atomic E-state index is 12.2. The van der Waals surface area contributed by atoms with Gasteiger partial charge in [0.15, 0.2) is 5.76 Å². The monoisotopic (exact) mass is 459 g/mol. The molecule has 0 atom stereocenters. The molecule has 0 aliphatic rings. The fourth-order valence-electron chi connectivity index (χ4n) is 2.91. The van der Waals surface area contributed by atoms with Crippen LogP contribution in [-0.4, -0.2) is 22.2 Å². The van der Waals surface area contributed by atoms with Crippen molar-refractivity contribution in [3.05, 3.63) is 69.8 Å². The molecule has 0 radical (unpaired) electrons. The number of hydrogen-bond acceptors (Lipinski definition) is 4. The average molecular weight is 460 g/mol. The summed E-state index contributed by atoms with van der Waals surface area (Å²) in [5.74, 6) is 1.47. The van der Waals surface area contributed by atoms with Gasteiger partial charge in [0, 0.05) is 19.3 Å². The second kappa shape index (κ2) is 10.3. The van der Waals surface area contributed by atoms with Crippen LogP contribution in [0.4, 0.5) is 0 Å². The molecule has 1 N–H and O–H groups in total. The lowest BCUT2D eigenvalue weighted by atomic mass is 10.1. The molecule has 2 aromatic heterocycles. The summed E-state index contributed by atoms with van der Waals surface area (Å²) in [5.41, 5.74) is 2.25. The van der Waals surface area contributed by atoms with Gasteiger partial charge in [-0.15, -0.1) is 0 Å². The summed E-state index contributed by atoms with van der Waals surface area (Å²) in [4.78, 5) is 12.2. The summed E-state index contributed by atoms with van der Waals surface area (Å²) in [6.45, 7) is 5.68. The Hall–Kier alpha value is -2.54. The average Bonchev–Trinajstić information content (AvgIpc) is 3.31. The zero-order chi connectivity index (χ0) is 20.6. The van der Waals surface area contributed by atoms with Gasteiger partial charge in [-0.2, -0.15) is 5.10 Å². The lowest BCUT2D eigenvalue weighted by Gasteiger charge is -2.06. The van der Waals surface area contributed by atoms with Crippen molar-refractivity contribution in [2.45, 2.75) is 46.3 Å². The highest BCUT2D eigenvalue weighted by molar-refractivity contribution is 9.10. The van der Waals surface area contributed by atoms with Crippen LogP contribution in [0.25, 0.3) is 0 Å². The molecule has 29 heavy (non-hydrogen) atoms. The number of carbonyl (C=O) groups excluding carboxylic acids is 1. The van der Waals surface area contributed by atoms with Gasteiger partial charge in [-0.05, 0) is 65.5 Å². The molecule has 0 saturated carbocycles. The molecule has 0 bridgehead atoms. The highest BCUT2D eigenvalue weighted by Gasteiger charge is 2.11. The molecule has 3 aromatic rings. The fraction of sp³-hybridized carbons (Fsp3) is 0.364. The van der Waals surface area contributed by atoms with Crippen molar-refractivity contribution in [3.63, 3.8) is 0 Å². The Balaban J connectivity index is 1.40. The molecule has 6 nitrogen and oxygen atoms in total. The Bertz CT molecular complexity index is 912. The third kappa shape index (κ3) is 6.22. The molecule has 0 unspecified atom stereocenters. The molecule has 0 aliphatic heterocycles. The van der Waals surface area contributed by atoms with Crippen molar-refractivity contribution in [2.24, 2.45) is 0 Å². The molecule has 1 aromatic carbocycles. The van der Waals surface area contributed by atoms with Crippen molar-refractivity contribution in [3.8, 4) is 5.75 Å². The quantitative estimate of drug-likeness (QED) is 0.437. The Labute approximate surface area is 179 Å². The van der Waals surface area contributed by atoms with Gasteiger partial charge in [-0.1, -0.05) is 25.5 Å². The van der Waals surface area contributed by atoms with Crippen LogP contribution < -0.4 is 10.1 Å². The highest BCUT2D eigenvalue weighted by atomic mass is 79.9. The summed E-state index contributed by atoms with van der Waals surface area (Å²) >= 11 is 3.44. The van der Waals surface area contributed by atoms with E-state index in [0.717, 1.165) is 41.7 Å². The Kier molecular flexibility index (Phi) is 7.52. The topological polar surface area (TPSA) is 69.3 Å². The number of ether oxygens (including phenoxy) is 1. The zero-order valence-corrected chi connectivity index (χ0v) is 18.4. The first kappa shape index (κ1) is 21.2. The fourth-order valence-corrected chi connectivity index (χ4v) is 3.23. The Morgan fingerprint density at radius 2 is 2.03 bits per heavy atom. The third-order valence-corrected chi connectivity index (χ3v) is 5.24. The maximum atomic E-state index is 12.2. The minimum atomic E-state index is -0.224. The van der Waals surface area contributed by atoms with E-state index in [1.54, 1.807) is 12.1 Å². The first-order valence-electron chi connectivity index (χ1n) is 9.83. The largest absolute Gasteiger partial charge is 0.486 e. The maximum Gasteiger partial charge on any atom is 0.286 e. The molecular formula is C22H26BrN3O3. The second-order valence-electron chi connectivity index (χ2n) is 6.88. The molecule has 1 amide bonds. The predicted molar refractivity (Wildman–Crippen MR) is 115 cm³/mol. The van der Waals surface area contributed by atoms with Gasteiger partial charge in [0.1, 0.15) is 18.1 Å². The lowest BCUT2D eigenvalue weighted by molar-refractivity contribution is 0.0921. The van der Waals surface area contributed by atoms with Gasteiger partial charge in [0.2, 0.25) is 0 Å². The molecule has 2 heterocycles. The first-order valence-corrected chi connectivity index (χ1v) is 10.6. The summed E-state index contributed by atoms with van der Waals surface area (Å²) < 4.78 is 14.2. The third-order valence-electron chi connectivity index (χ3n) is 4.46. The molecule has 154 valence electrons. The van der Waals surface area contributed by atoms with E-state index in [-0.39, 0.29) is 12.5 Å². The molecule has 0 spiro atoms. The van der Waals surface area contributed by atoms with E-state index in [1.165, 1.54) is 5.56 Å². The number of aromatic nitrogens is 2. The van der Waals surface area contributed by atoms with Crippen LogP contribution in [0.5, 0.6) is 5.75 Å². The molecule has 0 saturated heterocycles. The van der Waals surface area contributed by atoms with Gasteiger partial charge >= 0.3 is 0 Å². The van der Waals surface area contributed by atoms with E-state index in [0.29, 0.717) is 18.1 Å². The number of halogens is 1. The van der Waals surface area contributed by atoms with Crippen molar-refractivity contribution in [2.75, 3.05) is 6.54 Å². The molecular weight excluding hydrogens is 434 g/mol. The van der Waals surface area contributed by atoms with Crippen molar-refractivity contribution in [1.29, 1.82) is 0 Å². The number of furan rings is 1. The molecule has 3 rings (SSSR count). The zero-order valence-electron chi connectivity index (χ0n) is 16.8. The number of nitrogens with one attached hydrogen (secondary N) is 1. The van der Waals surface area contributed by atoms with Crippen molar-refractivity contribution < 1.29 is 13.9 Å². The number of benzene rings is 1. The summed E-state index contributed by atoms with van der Waals surface area (Å²) in [7, 11) is 0. The van der Waals surface area contributed by atoms with E-state index in [2.05, 4.69) is 45.4 Å². The highest BCUT2D eigenvalue weighted by Crippen LogP contribution is 2.17. The Morgan fingerprint density at radius 3 is 2.72 bits per heavy atom. The second-order valence-corrected chi connectivity index (χ2v) is 7.74. The summed E-state index contributed by atoms with van der Waals surface area (Å²) in [6.07, 6.45) is 4.91. The first-order chi connectivity index (χ1) is 14.0. The van der Waals surface area contributed by atoms with Gasteiger partial charge in [0.05, 0.1) is 10.2 Å². The summed E-state index contributed by atoms with van der Waals surface area (Å²) in [6, 6.07) is 11.5. The van der Waals surface area contributed by atoms with Crippen LogP contribution in [-0.2, 0) is 19.6 Å². The van der Waals surface area contributed by atoms with Crippen LogP contribution in [0.1, 0.15) is 47.3 Å². The lowest BCUT2D eigenvalue weighted by Crippen LogP contribution is -2.24. The standard InChI is InChI=1S/C22H26BrN3O3/c1-3-5-17-6-8-18(9-7-17)28-15-19-10-11-21(29-19)22(27)24-12-4-13-26-14-20(23)16(2)25-26/h6-11,14H,3-5,12-13,15H2,1-2H3,(H,24,27). The number of amides is 1. The number of nitrogens with zero attached hydrogens (tertiary/aromatic N) is 2. The smallest absolute Gasteiger partial charge is 0.286 e. The van der Waals surface area contributed by atoms with Crippen LogP contribution in [0, 0.1) is 6.92 Å². The minimum absolute atomic E-state index is 0.224. The van der Waals surface area contributed by atoms with Crippen molar-refractivity contribution >= 4 is 21.8 Å². The number of aryl methyl sites for hydroxylation is 3. The number of carbonyl (C=O) groups is 1. The number of hydrogen-bond donors (Lipinski definition) is 1. The predicted octanol–water partition coefficient (Wildman–Crippen LogP) is 4.90. The molecule has 7 heteroatoms. The summed E-state index contributed by atoms with van der Waals surface area (Å²) in [5, 5.41) is 7.24. The van der Waals surface area contributed by atoms with Crippen LogP contribution in [0.3, 0.4) is 0 Å². The number of rotatable bonds is 10. The normalized spacial score (nSPS) is 10.9. The molecule has 0 fully saturated rings. The van der Waals surface area contributed by atoms with Gasteiger partial charge < -0.3 is 14.5 Å². The van der Waals surface area contributed by atoms with Crippen LogP contribution in [0.15, 0.2) is 51.5 Å². The minimum Gasteiger partial charge on any atom is -0.486 e. The Morgan fingerprint density at radius 1 is 1.24 bits per heavy atom. The van der Waals surface area contributed by atoms with E-state index < -0.39 is 0 Å². The van der Waals surface area contributed by atoms with Crippen LogP contribution in [0.2, 0.25) is 0 Å². The van der Waals surface area contributed by atoms with E-state index in [9.17, 15) is 4.79 Å². The van der Waals surface area contributed by atoms with E-state index in [1.807, 2.05) is 29.9 Å². The van der Waals surface area contributed by atoms with Gasteiger partial charge in [-0.3, -0.25) is 9.48 Å². The van der Waals surface area contributed by atoms with Crippen LogP contribution >= 0.6 is 15.9 Å². The molecule has 0 aliphatic carbocycles. The van der Waals surface area contributed by atoms with Crippen molar-refractivity contribution in [1.82, 2.24) is 15.1 Å². The van der Waals surface area contributed by atoms with Gasteiger partial charge in [0.25, 0.3) is 5.91 Å². The van der Waals surface area contributed by atoms with Gasteiger partial charge in [-0.25, -0.2) is 0 Å². The SMILES string of the molecule is CCCc1ccc(OCc2ccc(C(=O)NCCCn3cc(Br)c(C)n3)o2)cc1. The van der Waals surface area contributed by atoms with E-state index in [4.69, 9.17) is 9.15 Å². The van der Waals surface area contributed by atoms with E-state index >= 15 is 0 Å².